The number of likely N-dealkylation sites (tertiary alicyclic amines) is 1. The number of hydrogen-bond acceptors (Lipinski definition) is 6. The van der Waals surface area contributed by atoms with E-state index in [1.807, 2.05) is 48.5 Å². The van der Waals surface area contributed by atoms with Crippen LogP contribution < -0.4 is 14.8 Å². The number of phenolic OH excluding ortho intramolecular Hbond substituents is 1. The average Bonchev–Trinajstić information content (AvgIpc) is 3.32. The van der Waals surface area contributed by atoms with Crippen LogP contribution in [0.4, 0.5) is 5.82 Å². The number of phenols is 1. The van der Waals surface area contributed by atoms with Crippen LogP contribution in [0, 0.1) is 0 Å². The summed E-state index contributed by atoms with van der Waals surface area (Å²) in [5.74, 6) is 2.49. The van der Waals surface area contributed by atoms with Crippen LogP contribution in [0.1, 0.15) is 32.6 Å². The highest BCUT2D eigenvalue weighted by atomic mass is 16.7. The van der Waals surface area contributed by atoms with Crippen molar-refractivity contribution in [2.75, 3.05) is 31.7 Å². The van der Waals surface area contributed by atoms with E-state index in [1.54, 1.807) is 6.07 Å². The van der Waals surface area contributed by atoms with Crippen molar-refractivity contribution in [1.29, 1.82) is 0 Å². The van der Waals surface area contributed by atoms with E-state index in [2.05, 4.69) is 17.1 Å². The number of benzene rings is 2. The Morgan fingerprint density at radius 3 is 2.82 bits per heavy atom. The summed E-state index contributed by atoms with van der Waals surface area (Å²) in [6, 6.07) is 17.9. The minimum atomic E-state index is 0.213. The van der Waals surface area contributed by atoms with Crippen LogP contribution in [-0.4, -0.2) is 47.5 Å². The Balaban J connectivity index is 1.40. The summed E-state index contributed by atoms with van der Waals surface area (Å²) in [6.45, 7) is 5.70. The van der Waals surface area contributed by atoms with Crippen LogP contribution in [0.3, 0.4) is 0 Å². The molecular weight excluding hydrogens is 414 g/mol. The molecule has 0 saturated carbocycles. The summed E-state index contributed by atoms with van der Waals surface area (Å²) in [5.41, 5.74) is 3.34. The molecule has 33 heavy (non-hydrogen) atoms. The van der Waals surface area contributed by atoms with Gasteiger partial charge in [-0.25, -0.2) is 4.98 Å². The Labute approximate surface area is 195 Å². The molecule has 1 fully saturated rings. The number of rotatable bonds is 7. The molecule has 2 N–H and O–H groups in total. The molecule has 0 aliphatic carbocycles. The molecule has 6 nitrogen and oxygen atoms in total. The predicted molar refractivity (Wildman–Crippen MR) is 131 cm³/mol. The normalized spacial score (nSPS) is 17.8. The van der Waals surface area contributed by atoms with E-state index in [-0.39, 0.29) is 12.5 Å². The Bertz CT molecular complexity index is 1120. The number of para-hydroxylation sites is 2. The first kappa shape index (κ1) is 21.6. The van der Waals surface area contributed by atoms with Gasteiger partial charge in [-0.05, 0) is 68.6 Å². The second-order valence-corrected chi connectivity index (χ2v) is 8.84. The lowest BCUT2D eigenvalue weighted by molar-refractivity contribution is 0.160. The SMILES string of the molecule is CC1CCCCN1CCCNc1cc(-c2cccc3c2OCO3)cc(-c2ccccc2O)n1. The van der Waals surface area contributed by atoms with Gasteiger partial charge in [-0.1, -0.05) is 30.7 Å². The second-order valence-electron chi connectivity index (χ2n) is 8.84. The third-order valence-corrected chi connectivity index (χ3v) is 6.58. The number of ether oxygens (including phenoxy) is 2. The van der Waals surface area contributed by atoms with Crippen molar-refractivity contribution in [1.82, 2.24) is 9.88 Å². The zero-order valence-corrected chi connectivity index (χ0v) is 19.1. The van der Waals surface area contributed by atoms with Crippen molar-refractivity contribution in [3.05, 3.63) is 54.6 Å². The first-order valence-electron chi connectivity index (χ1n) is 11.9. The zero-order valence-electron chi connectivity index (χ0n) is 19.1. The molecule has 3 aromatic rings. The fraction of sp³-hybridized carbons (Fsp3) is 0.370. The number of aromatic hydroxyl groups is 1. The first-order chi connectivity index (χ1) is 16.2. The highest BCUT2D eigenvalue weighted by Gasteiger charge is 2.20. The van der Waals surface area contributed by atoms with Crippen LogP contribution in [0.5, 0.6) is 17.2 Å². The molecular formula is C27H31N3O3. The fourth-order valence-corrected chi connectivity index (χ4v) is 4.75. The molecule has 1 saturated heterocycles. The smallest absolute Gasteiger partial charge is 0.231 e. The number of hydrogen-bond donors (Lipinski definition) is 2. The van der Waals surface area contributed by atoms with Gasteiger partial charge in [0, 0.05) is 30.3 Å². The molecule has 6 heteroatoms. The monoisotopic (exact) mass is 445 g/mol. The molecule has 0 amide bonds. The third kappa shape index (κ3) is 4.76. The molecule has 5 rings (SSSR count). The number of nitrogens with one attached hydrogen (secondary N) is 1. The van der Waals surface area contributed by atoms with Crippen LogP contribution in [-0.2, 0) is 0 Å². The molecule has 3 heterocycles. The molecule has 1 aromatic heterocycles. The Morgan fingerprint density at radius 2 is 1.94 bits per heavy atom. The van der Waals surface area contributed by atoms with Crippen molar-refractivity contribution >= 4 is 5.82 Å². The van der Waals surface area contributed by atoms with Gasteiger partial charge in [0.15, 0.2) is 11.5 Å². The van der Waals surface area contributed by atoms with Crippen molar-refractivity contribution in [2.24, 2.45) is 0 Å². The molecule has 2 aliphatic heterocycles. The standard InChI is InChI=1S/C27H31N3O3/c1-19-8-4-5-14-30(19)15-7-13-28-26-17-20(21-10-6-12-25-27(21)33-18-32-25)16-23(29-26)22-9-2-3-11-24(22)31/h2-3,6,9-12,16-17,19,31H,4-5,7-8,13-15,18H2,1H3,(H,28,29). The molecule has 0 spiro atoms. The van der Waals surface area contributed by atoms with Gasteiger partial charge in [0.25, 0.3) is 0 Å². The number of pyridine rings is 1. The number of aromatic nitrogens is 1. The summed E-state index contributed by atoms with van der Waals surface area (Å²) in [7, 11) is 0. The molecule has 0 bridgehead atoms. The van der Waals surface area contributed by atoms with Gasteiger partial charge in [-0.3, -0.25) is 0 Å². The van der Waals surface area contributed by atoms with Gasteiger partial charge in [-0.2, -0.15) is 0 Å². The lowest BCUT2D eigenvalue weighted by atomic mass is 10.0. The number of piperidine rings is 1. The van der Waals surface area contributed by atoms with Crippen molar-refractivity contribution in [3.8, 4) is 39.6 Å². The highest BCUT2D eigenvalue weighted by molar-refractivity contribution is 5.80. The molecule has 2 aliphatic rings. The summed E-state index contributed by atoms with van der Waals surface area (Å²) in [4.78, 5) is 7.42. The molecule has 172 valence electrons. The summed E-state index contributed by atoms with van der Waals surface area (Å²) < 4.78 is 11.3. The Morgan fingerprint density at radius 1 is 1.06 bits per heavy atom. The van der Waals surface area contributed by atoms with E-state index >= 15 is 0 Å². The zero-order chi connectivity index (χ0) is 22.6. The fourth-order valence-electron chi connectivity index (χ4n) is 4.75. The van der Waals surface area contributed by atoms with E-state index in [0.717, 1.165) is 48.0 Å². The van der Waals surface area contributed by atoms with Gasteiger partial charge in [0.1, 0.15) is 11.6 Å². The Hall–Kier alpha value is -3.25. The third-order valence-electron chi connectivity index (χ3n) is 6.58. The van der Waals surface area contributed by atoms with E-state index in [9.17, 15) is 5.11 Å². The quantitative estimate of drug-likeness (QED) is 0.467. The second kappa shape index (κ2) is 9.71. The van der Waals surface area contributed by atoms with E-state index < -0.39 is 0 Å². The maximum Gasteiger partial charge on any atom is 0.231 e. The van der Waals surface area contributed by atoms with Crippen molar-refractivity contribution in [2.45, 2.75) is 38.6 Å². The van der Waals surface area contributed by atoms with E-state index in [0.29, 0.717) is 17.3 Å². The maximum absolute atomic E-state index is 10.4. The summed E-state index contributed by atoms with van der Waals surface area (Å²) in [5, 5.41) is 14.0. The lowest BCUT2D eigenvalue weighted by Crippen LogP contribution is -2.38. The minimum absolute atomic E-state index is 0.213. The van der Waals surface area contributed by atoms with Crippen molar-refractivity contribution < 1.29 is 14.6 Å². The highest BCUT2D eigenvalue weighted by Crippen LogP contribution is 2.42. The first-order valence-corrected chi connectivity index (χ1v) is 11.9. The lowest BCUT2D eigenvalue weighted by Gasteiger charge is -2.33. The minimum Gasteiger partial charge on any atom is -0.507 e. The van der Waals surface area contributed by atoms with Gasteiger partial charge in [0.2, 0.25) is 6.79 Å². The number of anilines is 1. The van der Waals surface area contributed by atoms with E-state index in [1.165, 1.54) is 25.8 Å². The average molecular weight is 446 g/mol. The molecule has 1 unspecified atom stereocenters. The van der Waals surface area contributed by atoms with E-state index in [4.69, 9.17) is 14.5 Å². The van der Waals surface area contributed by atoms with Gasteiger partial charge >= 0.3 is 0 Å². The molecule has 1 atom stereocenters. The topological polar surface area (TPSA) is 66.9 Å². The van der Waals surface area contributed by atoms with Gasteiger partial charge in [0.05, 0.1) is 5.69 Å². The predicted octanol–water partition coefficient (Wildman–Crippen LogP) is 5.53. The number of nitrogens with zero attached hydrogens (tertiary/aromatic N) is 2. The Kier molecular flexibility index (Phi) is 6.35. The van der Waals surface area contributed by atoms with Crippen molar-refractivity contribution in [3.63, 3.8) is 0 Å². The van der Waals surface area contributed by atoms with Crippen LogP contribution in [0.2, 0.25) is 0 Å². The van der Waals surface area contributed by atoms with Gasteiger partial charge < -0.3 is 24.8 Å². The van der Waals surface area contributed by atoms with Crippen LogP contribution in [0.25, 0.3) is 22.4 Å². The van der Waals surface area contributed by atoms with Crippen LogP contribution in [0.15, 0.2) is 54.6 Å². The molecule has 2 aromatic carbocycles. The summed E-state index contributed by atoms with van der Waals surface area (Å²) in [6.07, 6.45) is 5.01. The summed E-state index contributed by atoms with van der Waals surface area (Å²) >= 11 is 0. The number of fused-ring (bicyclic) bond motifs is 1. The largest absolute Gasteiger partial charge is 0.507 e. The molecule has 0 radical (unpaired) electrons. The van der Waals surface area contributed by atoms with Crippen LogP contribution >= 0.6 is 0 Å². The maximum atomic E-state index is 10.4. The van der Waals surface area contributed by atoms with Gasteiger partial charge in [-0.15, -0.1) is 0 Å².